The van der Waals surface area contributed by atoms with Gasteiger partial charge in [-0.05, 0) is 25.0 Å². The minimum Gasteiger partial charge on any atom is -0.354 e. The molecule has 0 radical (unpaired) electrons. The van der Waals surface area contributed by atoms with Gasteiger partial charge >= 0.3 is 0 Å². The molecule has 0 aliphatic heterocycles. The van der Waals surface area contributed by atoms with Crippen LogP contribution in [0.5, 0.6) is 0 Å². The lowest BCUT2D eigenvalue weighted by Crippen LogP contribution is -2.18. The molecule has 24 heavy (non-hydrogen) atoms. The molecular formula is C17H27NO5S. The zero-order valence-corrected chi connectivity index (χ0v) is 15.0. The van der Waals surface area contributed by atoms with Crippen LogP contribution in [0.4, 0.5) is 0 Å². The lowest BCUT2D eigenvalue weighted by atomic mass is 10.1. The van der Waals surface area contributed by atoms with Crippen LogP contribution >= 0.6 is 0 Å². The molecule has 136 valence electrons. The van der Waals surface area contributed by atoms with Crippen LogP contribution in [0.2, 0.25) is 0 Å². The summed E-state index contributed by atoms with van der Waals surface area (Å²) < 4.78 is 37.3. The molecule has 1 heterocycles. The third kappa shape index (κ3) is 8.52. The second-order valence-electron chi connectivity index (χ2n) is 5.78. The molecule has 1 aromatic rings. The number of ketones is 1. The van der Waals surface area contributed by atoms with Gasteiger partial charge in [-0.2, -0.15) is 8.42 Å². The van der Waals surface area contributed by atoms with E-state index in [1.807, 2.05) is 0 Å². The van der Waals surface area contributed by atoms with Gasteiger partial charge in [0.1, 0.15) is 5.78 Å². The molecule has 0 saturated heterocycles. The van der Waals surface area contributed by atoms with E-state index in [9.17, 15) is 17.8 Å². The van der Waals surface area contributed by atoms with Crippen molar-refractivity contribution in [3.63, 3.8) is 0 Å². The molecular weight excluding hydrogens is 330 g/mol. The topological polar surface area (TPSA) is 93.6 Å². The van der Waals surface area contributed by atoms with Crippen molar-refractivity contribution in [1.82, 2.24) is 4.98 Å². The Morgan fingerprint density at radius 2 is 1.88 bits per heavy atom. The lowest BCUT2D eigenvalue weighted by molar-refractivity contribution is -0.119. The van der Waals surface area contributed by atoms with Crippen LogP contribution in [0.15, 0.2) is 24.4 Å². The first-order chi connectivity index (χ1) is 11.4. The minimum absolute atomic E-state index is 0.0720. The molecule has 0 amide bonds. The summed E-state index contributed by atoms with van der Waals surface area (Å²) in [4.78, 5) is 15.6. The molecule has 6 nitrogen and oxygen atoms in total. The zero-order chi connectivity index (χ0) is 17.8. The number of Topliss-reactive ketones (excluding diaryl/α,β-unsaturated/α-hetero) is 1. The summed E-state index contributed by atoms with van der Waals surface area (Å²) in [6.45, 7) is 2.22. The Kier molecular flexibility index (Phi) is 9.75. The molecule has 0 spiro atoms. The molecule has 0 saturated carbocycles. The Morgan fingerprint density at radius 3 is 2.50 bits per heavy atom. The van der Waals surface area contributed by atoms with Crippen molar-refractivity contribution in [2.45, 2.75) is 63.7 Å². The third-order valence-electron chi connectivity index (χ3n) is 3.63. The van der Waals surface area contributed by atoms with Crippen LogP contribution in [0, 0.1) is 0 Å². The van der Waals surface area contributed by atoms with E-state index in [1.165, 1.54) is 25.1 Å². The lowest BCUT2D eigenvalue weighted by Gasteiger charge is -2.14. The molecule has 0 fully saturated rings. The van der Waals surface area contributed by atoms with Crippen molar-refractivity contribution in [2.24, 2.45) is 0 Å². The van der Waals surface area contributed by atoms with Crippen molar-refractivity contribution in [2.75, 3.05) is 6.61 Å². The van der Waals surface area contributed by atoms with E-state index in [-0.39, 0.29) is 18.1 Å². The number of pyridine rings is 1. The van der Waals surface area contributed by atoms with Gasteiger partial charge in [0.25, 0.3) is 10.1 Å². The molecule has 7 heteroatoms. The van der Waals surface area contributed by atoms with Crippen molar-refractivity contribution in [3.8, 4) is 0 Å². The third-order valence-corrected chi connectivity index (χ3v) is 4.55. The van der Waals surface area contributed by atoms with Gasteiger partial charge in [-0.15, -0.1) is 0 Å². The molecule has 0 aliphatic carbocycles. The maximum atomic E-state index is 11.8. The number of hydrogen-bond acceptors (Lipinski definition) is 5. The normalized spacial score (nSPS) is 12.9. The second-order valence-corrected chi connectivity index (χ2v) is 7.24. The van der Waals surface area contributed by atoms with Crippen LogP contribution in [-0.4, -0.2) is 30.3 Å². The minimum atomic E-state index is -4.41. The maximum Gasteiger partial charge on any atom is 0.298 e. The zero-order valence-electron chi connectivity index (χ0n) is 14.2. The van der Waals surface area contributed by atoms with Gasteiger partial charge in [0, 0.05) is 25.6 Å². The highest BCUT2D eigenvalue weighted by Crippen LogP contribution is 2.21. The number of carbonyl (C=O) groups excluding carboxylic acids is 1. The Hall–Kier alpha value is -1.31. The Labute approximate surface area is 144 Å². The molecule has 1 aromatic heterocycles. The van der Waals surface area contributed by atoms with E-state index < -0.39 is 15.6 Å². The highest BCUT2D eigenvalue weighted by molar-refractivity contribution is 7.85. The standard InChI is InChI=1S/C17H27NO5S/c1-2-3-4-5-6-10-15(19)11-9-14-23-17(24(20,21)22)16-12-7-8-13-18-16/h7-8,12-13,17H,2-6,9-11,14H2,1H3,(H,20,21,22). The van der Waals surface area contributed by atoms with Crippen molar-refractivity contribution >= 4 is 15.9 Å². The fourth-order valence-electron chi connectivity index (χ4n) is 2.35. The average Bonchev–Trinajstić information content (AvgIpc) is 2.54. The van der Waals surface area contributed by atoms with Crippen LogP contribution in [0.25, 0.3) is 0 Å². The van der Waals surface area contributed by atoms with Gasteiger partial charge < -0.3 is 4.74 Å². The summed E-state index contributed by atoms with van der Waals surface area (Å²) in [5.41, 5.74) is -1.38. The van der Waals surface area contributed by atoms with Crippen LogP contribution in [0.1, 0.15) is 69.4 Å². The average molecular weight is 357 g/mol. The van der Waals surface area contributed by atoms with Gasteiger partial charge in [0.2, 0.25) is 5.44 Å². The summed E-state index contributed by atoms with van der Waals surface area (Å²) in [6.07, 6.45) is 8.28. The summed E-state index contributed by atoms with van der Waals surface area (Å²) in [6, 6.07) is 4.73. The van der Waals surface area contributed by atoms with E-state index in [4.69, 9.17) is 4.74 Å². The molecule has 0 aliphatic rings. The fraction of sp³-hybridized carbons (Fsp3) is 0.647. The van der Waals surface area contributed by atoms with Gasteiger partial charge in [-0.1, -0.05) is 38.7 Å². The highest BCUT2D eigenvalue weighted by atomic mass is 32.2. The van der Waals surface area contributed by atoms with Gasteiger partial charge in [0.05, 0.1) is 5.69 Å². The quantitative estimate of drug-likeness (QED) is 0.427. The van der Waals surface area contributed by atoms with E-state index in [2.05, 4.69) is 11.9 Å². The summed E-state index contributed by atoms with van der Waals surface area (Å²) >= 11 is 0. The molecule has 1 atom stereocenters. The molecule has 0 bridgehead atoms. The number of aromatic nitrogens is 1. The summed E-state index contributed by atoms with van der Waals surface area (Å²) in [7, 11) is -4.41. The predicted molar refractivity (Wildman–Crippen MR) is 92.1 cm³/mol. The van der Waals surface area contributed by atoms with E-state index in [1.54, 1.807) is 12.1 Å². The highest BCUT2D eigenvalue weighted by Gasteiger charge is 2.27. The molecule has 1 unspecified atom stereocenters. The SMILES string of the molecule is CCCCCCCC(=O)CCCOC(c1ccccn1)S(=O)(=O)O. The Balaban J connectivity index is 2.30. The summed E-state index contributed by atoms with van der Waals surface area (Å²) in [5, 5.41) is 0. The molecule has 0 aromatic carbocycles. The smallest absolute Gasteiger partial charge is 0.298 e. The van der Waals surface area contributed by atoms with Crippen molar-refractivity contribution in [3.05, 3.63) is 30.1 Å². The number of unbranched alkanes of at least 4 members (excludes halogenated alkanes) is 4. The van der Waals surface area contributed by atoms with E-state index in [0.29, 0.717) is 19.3 Å². The van der Waals surface area contributed by atoms with Crippen molar-refractivity contribution < 1.29 is 22.5 Å². The largest absolute Gasteiger partial charge is 0.354 e. The van der Waals surface area contributed by atoms with Crippen LogP contribution in [0.3, 0.4) is 0 Å². The number of hydrogen-bond donors (Lipinski definition) is 1. The Morgan fingerprint density at radius 1 is 1.17 bits per heavy atom. The number of ether oxygens (including phenoxy) is 1. The predicted octanol–water partition coefficient (Wildman–Crippen LogP) is 3.69. The first kappa shape index (κ1) is 20.7. The molecule has 1 rings (SSSR count). The number of rotatable bonds is 13. The maximum absolute atomic E-state index is 11.8. The first-order valence-corrected chi connectivity index (χ1v) is 9.96. The van der Waals surface area contributed by atoms with Crippen molar-refractivity contribution in [1.29, 1.82) is 0 Å². The van der Waals surface area contributed by atoms with Crippen LogP contribution in [-0.2, 0) is 19.6 Å². The number of nitrogens with zero attached hydrogens (tertiary/aromatic N) is 1. The molecule has 1 N–H and O–H groups in total. The second kappa shape index (κ2) is 11.3. The first-order valence-electron chi connectivity index (χ1n) is 8.45. The van der Waals surface area contributed by atoms with E-state index >= 15 is 0 Å². The van der Waals surface area contributed by atoms with Crippen LogP contribution < -0.4 is 0 Å². The summed E-state index contributed by atoms with van der Waals surface area (Å²) in [5.74, 6) is 0.163. The fourth-order valence-corrected chi connectivity index (χ4v) is 3.06. The van der Waals surface area contributed by atoms with E-state index in [0.717, 1.165) is 19.3 Å². The monoisotopic (exact) mass is 357 g/mol. The van der Waals surface area contributed by atoms with Gasteiger partial charge in [0.15, 0.2) is 0 Å². The van der Waals surface area contributed by atoms with Gasteiger partial charge in [-0.3, -0.25) is 14.3 Å². The van der Waals surface area contributed by atoms with Gasteiger partial charge in [-0.25, -0.2) is 0 Å². The Bertz CT molecular complexity index is 574. The number of carbonyl (C=O) groups is 1.